The van der Waals surface area contributed by atoms with Crippen molar-refractivity contribution in [2.75, 3.05) is 6.54 Å². The molecule has 5 rings (SSSR count). The molecule has 158 valence electrons. The number of halogens is 1. The summed E-state index contributed by atoms with van der Waals surface area (Å²) in [7, 11) is 0. The van der Waals surface area contributed by atoms with Crippen LogP contribution in [0.3, 0.4) is 0 Å². The van der Waals surface area contributed by atoms with Crippen LogP contribution in [0.2, 0.25) is 5.02 Å². The predicted octanol–water partition coefficient (Wildman–Crippen LogP) is 7.05. The van der Waals surface area contributed by atoms with Crippen LogP contribution in [-0.4, -0.2) is 21.2 Å². The van der Waals surface area contributed by atoms with Crippen LogP contribution in [0.1, 0.15) is 30.0 Å². The largest absolute Gasteiger partial charge is 0.243 e. The lowest BCUT2D eigenvalue weighted by Gasteiger charge is -2.27. The molecule has 0 radical (unpaired) electrons. The average Bonchev–Trinajstić information content (AvgIpc) is 3.28. The molecular weight excluding hydrogens is 446 g/mol. The van der Waals surface area contributed by atoms with Gasteiger partial charge in [0.25, 0.3) is 0 Å². The van der Waals surface area contributed by atoms with Crippen molar-refractivity contribution in [3.05, 3.63) is 76.3 Å². The molecule has 0 bridgehead atoms. The van der Waals surface area contributed by atoms with Crippen molar-refractivity contribution >= 4 is 46.3 Å². The average molecular weight is 468 g/mol. The lowest BCUT2D eigenvalue weighted by atomic mass is 10.0. The third kappa shape index (κ3) is 4.48. The van der Waals surface area contributed by atoms with Crippen molar-refractivity contribution in [1.82, 2.24) is 14.6 Å². The van der Waals surface area contributed by atoms with E-state index in [-0.39, 0.29) is 0 Å². The Morgan fingerprint density at radius 2 is 1.77 bits per heavy atom. The first kappa shape index (κ1) is 20.9. The molecule has 31 heavy (non-hydrogen) atoms. The molecule has 1 aromatic heterocycles. The summed E-state index contributed by atoms with van der Waals surface area (Å²) < 4.78 is 7.52. The summed E-state index contributed by atoms with van der Waals surface area (Å²) in [6.45, 7) is 4.05. The molecule has 1 aliphatic heterocycles. The van der Waals surface area contributed by atoms with Crippen molar-refractivity contribution in [3.63, 3.8) is 0 Å². The number of hydrogen-bond acceptors (Lipinski definition) is 6. The van der Waals surface area contributed by atoms with Gasteiger partial charge in [-0.2, -0.15) is 0 Å². The maximum atomic E-state index is 6.15. The zero-order chi connectivity index (χ0) is 21.2. The molecule has 2 heterocycles. The van der Waals surface area contributed by atoms with E-state index in [0.717, 1.165) is 58.2 Å². The van der Waals surface area contributed by atoms with Gasteiger partial charge in [-0.15, -0.1) is 0 Å². The first-order valence-electron chi connectivity index (χ1n) is 10.4. The van der Waals surface area contributed by atoms with Gasteiger partial charge >= 0.3 is 0 Å². The SMILES string of the molecule is CCCc1ccccc1Sc1ccc(SN2CCc3cc(Cl)ccc3C2)c2nonc12. The molecule has 0 saturated carbocycles. The second-order valence-corrected chi connectivity index (χ2v) is 10.3. The summed E-state index contributed by atoms with van der Waals surface area (Å²) in [5.74, 6) is 0. The molecule has 4 aromatic rings. The standard InChI is InChI=1S/C24H22ClN3OS2/c1-2-5-16-6-3-4-7-20(16)30-21-10-11-22(24-23(21)26-29-27-24)31-28-13-12-17-14-19(25)9-8-18(17)15-28/h3-4,6-11,14H,2,5,12-13,15H2,1H3. The predicted molar refractivity (Wildman–Crippen MR) is 128 cm³/mol. The number of hydrogen-bond donors (Lipinski definition) is 0. The molecule has 4 nitrogen and oxygen atoms in total. The van der Waals surface area contributed by atoms with E-state index >= 15 is 0 Å². The highest BCUT2D eigenvalue weighted by molar-refractivity contribution is 7.99. The number of aromatic nitrogens is 2. The summed E-state index contributed by atoms with van der Waals surface area (Å²) in [6.07, 6.45) is 3.18. The van der Waals surface area contributed by atoms with E-state index in [0.29, 0.717) is 0 Å². The summed E-state index contributed by atoms with van der Waals surface area (Å²) in [5.41, 5.74) is 5.69. The fourth-order valence-electron chi connectivity index (χ4n) is 3.89. The minimum atomic E-state index is 0.809. The zero-order valence-electron chi connectivity index (χ0n) is 17.2. The number of rotatable bonds is 6. The van der Waals surface area contributed by atoms with E-state index in [1.165, 1.54) is 21.6 Å². The number of fused-ring (bicyclic) bond motifs is 2. The van der Waals surface area contributed by atoms with Gasteiger partial charge in [0.05, 0.1) is 4.90 Å². The molecule has 0 N–H and O–H groups in total. The topological polar surface area (TPSA) is 42.2 Å². The number of nitrogens with zero attached hydrogens (tertiary/aromatic N) is 3. The van der Waals surface area contributed by atoms with Gasteiger partial charge in [-0.1, -0.05) is 61.0 Å². The second kappa shape index (κ2) is 9.25. The number of aryl methyl sites for hydroxylation is 1. The van der Waals surface area contributed by atoms with Gasteiger partial charge in [0.15, 0.2) is 5.52 Å². The van der Waals surface area contributed by atoms with Crippen molar-refractivity contribution in [3.8, 4) is 0 Å². The van der Waals surface area contributed by atoms with Crippen LogP contribution in [0.15, 0.2) is 73.9 Å². The summed E-state index contributed by atoms with van der Waals surface area (Å²) in [5, 5.41) is 9.28. The van der Waals surface area contributed by atoms with Gasteiger partial charge in [0.2, 0.25) is 0 Å². The lowest BCUT2D eigenvalue weighted by molar-refractivity contribution is 0.314. The fraction of sp³-hybridized carbons (Fsp3) is 0.250. The van der Waals surface area contributed by atoms with Crippen molar-refractivity contribution in [1.29, 1.82) is 0 Å². The third-order valence-corrected chi connectivity index (χ3v) is 7.92. The quantitative estimate of drug-likeness (QED) is 0.283. The molecule has 7 heteroatoms. The molecule has 0 atom stereocenters. The maximum Gasteiger partial charge on any atom is 0.151 e. The highest BCUT2D eigenvalue weighted by Crippen LogP contribution is 2.39. The van der Waals surface area contributed by atoms with E-state index < -0.39 is 0 Å². The van der Waals surface area contributed by atoms with Crippen LogP contribution in [-0.2, 0) is 19.4 Å². The van der Waals surface area contributed by atoms with Crippen LogP contribution in [0.4, 0.5) is 0 Å². The van der Waals surface area contributed by atoms with Gasteiger partial charge in [-0.3, -0.25) is 0 Å². The van der Waals surface area contributed by atoms with Gasteiger partial charge in [0.1, 0.15) is 5.52 Å². The van der Waals surface area contributed by atoms with E-state index in [4.69, 9.17) is 16.2 Å². The Labute approximate surface area is 195 Å². The van der Waals surface area contributed by atoms with E-state index in [1.54, 1.807) is 23.7 Å². The molecule has 1 aliphatic rings. The molecule has 0 fully saturated rings. The number of benzene rings is 3. The van der Waals surface area contributed by atoms with E-state index in [9.17, 15) is 0 Å². The molecule has 3 aromatic carbocycles. The van der Waals surface area contributed by atoms with Crippen LogP contribution < -0.4 is 0 Å². The molecule has 0 saturated heterocycles. The zero-order valence-corrected chi connectivity index (χ0v) is 19.6. The first-order valence-corrected chi connectivity index (χ1v) is 12.4. The Hall–Kier alpha value is -1.99. The molecule has 0 unspecified atom stereocenters. The lowest BCUT2D eigenvalue weighted by Crippen LogP contribution is -2.24. The summed E-state index contributed by atoms with van der Waals surface area (Å²) in [4.78, 5) is 3.41. The Bertz CT molecular complexity index is 1230. The molecule has 0 amide bonds. The van der Waals surface area contributed by atoms with Crippen molar-refractivity contribution in [2.45, 2.75) is 47.4 Å². The normalized spacial score (nSPS) is 14.1. The second-order valence-electron chi connectivity index (χ2n) is 7.60. The van der Waals surface area contributed by atoms with Gasteiger partial charge < -0.3 is 0 Å². The Morgan fingerprint density at radius 3 is 2.65 bits per heavy atom. The summed E-state index contributed by atoms with van der Waals surface area (Å²) in [6, 6.07) is 19.0. The van der Waals surface area contributed by atoms with Crippen LogP contribution in [0, 0.1) is 0 Å². The highest BCUT2D eigenvalue weighted by Gasteiger charge is 2.21. The van der Waals surface area contributed by atoms with Crippen LogP contribution in [0.25, 0.3) is 11.0 Å². The Kier molecular flexibility index (Phi) is 6.23. The Balaban J connectivity index is 1.39. The van der Waals surface area contributed by atoms with Gasteiger partial charge in [-0.05, 0) is 82.1 Å². The van der Waals surface area contributed by atoms with Crippen LogP contribution >= 0.6 is 35.3 Å². The Morgan fingerprint density at radius 1 is 0.968 bits per heavy atom. The van der Waals surface area contributed by atoms with Crippen molar-refractivity contribution in [2.24, 2.45) is 0 Å². The third-order valence-electron chi connectivity index (χ3n) is 5.43. The minimum Gasteiger partial charge on any atom is -0.243 e. The monoisotopic (exact) mass is 467 g/mol. The minimum absolute atomic E-state index is 0.809. The first-order chi connectivity index (χ1) is 15.2. The molecular formula is C24H22ClN3OS2. The van der Waals surface area contributed by atoms with E-state index in [2.05, 4.69) is 70.1 Å². The fourth-order valence-corrected chi connectivity index (χ4v) is 6.15. The molecule has 0 spiro atoms. The van der Waals surface area contributed by atoms with Gasteiger partial charge in [-0.25, -0.2) is 8.93 Å². The smallest absolute Gasteiger partial charge is 0.151 e. The maximum absolute atomic E-state index is 6.15. The molecule has 0 aliphatic carbocycles. The van der Waals surface area contributed by atoms with Crippen LogP contribution in [0.5, 0.6) is 0 Å². The van der Waals surface area contributed by atoms with E-state index in [1.807, 2.05) is 6.07 Å². The highest BCUT2D eigenvalue weighted by atomic mass is 35.5. The van der Waals surface area contributed by atoms with Crippen molar-refractivity contribution < 1.29 is 4.63 Å². The summed E-state index contributed by atoms with van der Waals surface area (Å²) >= 11 is 9.61. The van der Waals surface area contributed by atoms with Gasteiger partial charge in [0, 0.05) is 27.9 Å².